The highest BCUT2D eigenvalue weighted by atomic mass is 32.1. The number of anilines is 1. The largest absolute Gasteiger partial charge is 0.302 e. The molecule has 0 saturated heterocycles. The molecule has 2 aromatic heterocycles. The predicted molar refractivity (Wildman–Crippen MR) is 145 cm³/mol. The van der Waals surface area contributed by atoms with Gasteiger partial charge in [-0.2, -0.15) is 0 Å². The molecule has 0 radical (unpaired) electrons. The van der Waals surface area contributed by atoms with Gasteiger partial charge in [0.15, 0.2) is 5.13 Å². The number of thiazole rings is 1. The molecule has 176 valence electrons. The average Bonchev–Trinajstić information content (AvgIpc) is 3.54. The summed E-state index contributed by atoms with van der Waals surface area (Å²) in [5.41, 5.74) is 8.14. The smallest absolute Gasteiger partial charge is 0.230 e. The SMILES string of the molecule is O=C(Nc1nc(Cc2ccc(-c3ccncc3)cc2)cs1)C1Cc2ccccc2[C@@H]1c1ccccc1. The van der Waals surface area contributed by atoms with Gasteiger partial charge in [-0.05, 0) is 51.9 Å². The summed E-state index contributed by atoms with van der Waals surface area (Å²) in [6, 6.07) is 31.3. The molecule has 3 aromatic carbocycles. The van der Waals surface area contributed by atoms with Crippen LogP contribution in [0.2, 0.25) is 0 Å². The highest BCUT2D eigenvalue weighted by Crippen LogP contribution is 2.43. The minimum atomic E-state index is -0.155. The van der Waals surface area contributed by atoms with Gasteiger partial charge in [0.05, 0.1) is 11.6 Å². The van der Waals surface area contributed by atoms with E-state index in [1.54, 1.807) is 12.4 Å². The highest BCUT2D eigenvalue weighted by molar-refractivity contribution is 7.13. The van der Waals surface area contributed by atoms with Crippen LogP contribution in [0.3, 0.4) is 0 Å². The Labute approximate surface area is 214 Å². The maximum absolute atomic E-state index is 13.5. The molecular weight excluding hydrogens is 462 g/mol. The van der Waals surface area contributed by atoms with Gasteiger partial charge >= 0.3 is 0 Å². The summed E-state index contributed by atoms with van der Waals surface area (Å²) < 4.78 is 0. The minimum Gasteiger partial charge on any atom is -0.302 e. The molecule has 1 unspecified atom stereocenters. The number of amides is 1. The molecule has 2 heterocycles. The second-order valence-corrected chi connectivity index (χ2v) is 10.00. The third-order valence-corrected chi connectivity index (χ3v) is 7.67. The summed E-state index contributed by atoms with van der Waals surface area (Å²) in [5.74, 6) is -0.0683. The number of nitrogens with zero attached hydrogens (tertiary/aromatic N) is 2. The van der Waals surface area contributed by atoms with Crippen LogP contribution in [0.25, 0.3) is 11.1 Å². The maximum atomic E-state index is 13.5. The Balaban J connectivity index is 1.15. The van der Waals surface area contributed by atoms with E-state index in [-0.39, 0.29) is 17.7 Å². The molecule has 36 heavy (non-hydrogen) atoms. The second kappa shape index (κ2) is 9.88. The van der Waals surface area contributed by atoms with Crippen molar-refractivity contribution >= 4 is 22.4 Å². The molecule has 0 aliphatic heterocycles. The zero-order valence-corrected chi connectivity index (χ0v) is 20.5. The van der Waals surface area contributed by atoms with Crippen LogP contribution < -0.4 is 5.32 Å². The summed E-state index contributed by atoms with van der Waals surface area (Å²) in [6.45, 7) is 0. The number of nitrogens with one attached hydrogen (secondary N) is 1. The van der Waals surface area contributed by atoms with E-state index < -0.39 is 0 Å². The number of rotatable bonds is 6. The molecule has 0 spiro atoms. The van der Waals surface area contributed by atoms with E-state index in [0.717, 1.165) is 29.7 Å². The lowest BCUT2D eigenvalue weighted by molar-refractivity contribution is -0.120. The van der Waals surface area contributed by atoms with Crippen molar-refractivity contribution in [3.05, 3.63) is 137 Å². The van der Waals surface area contributed by atoms with Gasteiger partial charge in [0.1, 0.15) is 0 Å². The van der Waals surface area contributed by atoms with Crippen LogP contribution in [-0.2, 0) is 17.6 Å². The van der Waals surface area contributed by atoms with Gasteiger partial charge in [-0.3, -0.25) is 9.78 Å². The standard InChI is InChI=1S/C31H25N3OS/c35-30(28-19-25-8-4-5-9-27(25)29(28)24-6-2-1-3-7-24)34-31-33-26(20-36-31)18-21-10-12-22(13-11-21)23-14-16-32-17-15-23/h1-17,20,28-29H,18-19H2,(H,33,34,35)/t28?,29-/m0/s1. The van der Waals surface area contributed by atoms with Crippen molar-refractivity contribution in [1.29, 1.82) is 0 Å². The first-order valence-corrected chi connectivity index (χ1v) is 13.0. The van der Waals surface area contributed by atoms with Gasteiger partial charge in [0.25, 0.3) is 0 Å². The van der Waals surface area contributed by atoms with Crippen LogP contribution in [-0.4, -0.2) is 15.9 Å². The molecule has 1 amide bonds. The Morgan fingerprint density at radius 1 is 0.861 bits per heavy atom. The Morgan fingerprint density at radius 3 is 2.39 bits per heavy atom. The lowest BCUT2D eigenvalue weighted by atomic mass is 9.85. The first-order chi connectivity index (χ1) is 17.7. The Kier molecular flexibility index (Phi) is 6.14. The Morgan fingerprint density at radius 2 is 1.58 bits per heavy atom. The van der Waals surface area contributed by atoms with Crippen molar-refractivity contribution in [1.82, 2.24) is 9.97 Å². The fraction of sp³-hybridized carbons (Fsp3) is 0.129. The number of carbonyl (C=O) groups excluding carboxylic acids is 1. The van der Waals surface area contributed by atoms with E-state index >= 15 is 0 Å². The third-order valence-electron chi connectivity index (χ3n) is 6.86. The van der Waals surface area contributed by atoms with E-state index in [1.807, 2.05) is 35.7 Å². The van der Waals surface area contributed by atoms with Crippen molar-refractivity contribution in [2.45, 2.75) is 18.8 Å². The van der Waals surface area contributed by atoms with Crippen LogP contribution in [0, 0.1) is 5.92 Å². The van der Waals surface area contributed by atoms with Crippen LogP contribution >= 0.6 is 11.3 Å². The summed E-state index contributed by atoms with van der Waals surface area (Å²) in [6.07, 6.45) is 5.08. The normalized spacial score (nSPS) is 16.4. The number of benzene rings is 3. The van der Waals surface area contributed by atoms with Gasteiger partial charge in [-0.15, -0.1) is 11.3 Å². The molecule has 1 N–H and O–H groups in total. The minimum absolute atomic E-state index is 0.0302. The molecule has 0 fully saturated rings. The van der Waals surface area contributed by atoms with Gasteiger partial charge in [-0.25, -0.2) is 4.98 Å². The number of aromatic nitrogens is 2. The highest BCUT2D eigenvalue weighted by Gasteiger charge is 2.38. The molecule has 2 atom stereocenters. The second-order valence-electron chi connectivity index (χ2n) is 9.14. The summed E-state index contributed by atoms with van der Waals surface area (Å²) in [4.78, 5) is 22.3. The van der Waals surface area contributed by atoms with Gasteiger partial charge < -0.3 is 5.32 Å². The van der Waals surface area contributed by atoms with Gasteiger partial charge in [0.2, 0.25) is 5.91 Å². The molecule has 0 bridgehead atoms. The van der Waals surface area contributed by atoms with Crippen molar-refractivity contribution in [2.24, 2.45) is 5.92 Å². The molecule has 5 aromatic rings. The summed E-state index contributed by atoms with van der Waals surface area (Å²) in [7, 11) is 0. The van der Waals surface area contributed by atoms with Crippen LogP contribution in [0.4, 0.5) is 5.13 Å². The zero-order chi connectivity index (χ0) is 24.3. The van der Waals surface area contributed by atoms with Crippen molar-refractivity contribution in [3.8, 4) is 11.1 Å². The van der Waals surface area contributed by atoms with E-state index in [1.165, 1.54) is 33.6 Å². The lowest BCUT2D eigenvalue weighted by Crippen LogP contribution is -2.26. The quantitative estimate of drug-likeness (QED) is 0.289. The summed E-state index contributed by atoms with van der Waals surface area (Å²) >= 11 is 1.49. The van der Waals surface area contributed by atoms with E-state index in [9.17, 15) is 4.79 Å². The molecular formula is C31H25N3OS. The molecule has 6 rings (SSSR count). The van der Waals surface area contributed by atoms with Crippen LogP contribution in [0.5, 0.6) is 0 Å². The number of carbonyl (C=O) groups is 1. The zero-order valence-electron chi connectivity index (χ0n) is 19.7. The third kappa shape index (κ3) is 4.58. The lowest BCUT2D eigenvalue weighted by Gasteiger charge is -2.20. The Bertz CT molecular complexity index is 1480. The average molecular weight is 488 g/mol. The molecule has 4 nitrogen and oxygen atoms in total. The fourth-order valence-electron chi connectivity index (χ4n) is 5.12. The number of hydrogen-bond acceptors (Lipinski definition) is 4. The molecule has 5 heteroatoms. The molecule has 1 aliphatic rings. The Hall–Kier alpha value is -4.09. The number of hydrogen-bond donors (Lipinski definition) is 1. The number of pyridine rings is 1. The molecule has 1 aliphatic carbocycles. The van der Waals surface area contributed by atoms with Crippen molar-refractivity contribution < 1.29 is 4.79 Å². The maximum Gasteiger partial charge on any atom is 0.230 e. The topological polar surface area (TPSA) is 54.9 Å². The van der Waals surface area contributed by atoms with Gasteiger partial charge in [0, 0.05) is 30.1 Å². The first-order valence-electron chi connectivity index (χ1n) is 12.1. The summed E-state index contributed by atoms with van der Waals surface area (Å²) in [5, 5.41) is 5.81. The van der Waals surface area contributed by atoms with Crippen LogP contribution in [0.15, 0.2) is 109 Å². The van der Waals surface area contributed by atoms with Crippen molar-refractivity contribution in [3.63, 3.8) is 0 Å². The fourth-order valence-corrected chi connectivity index (χ4v) is 5.84. The van der Waals surface area contributed by atoms with Crippen LogP contribution in [0.1, 0.15) is 33.9 Å². The number of fused-ring (bicyclic) bond motifs is 1. The van der Waals surface area contributed by atoms with Crippen molar-refractivity contribution in [2.75, 3.05) is 5.32 Å². The van der Waals surface area contributed by atoms with Gasteiger partial charge in [-0.1, -0.05) is 78.9 Å². The monoisotopic (exact) mass is 487 g/mol. The van der Waals surface area contributed by atoms with E-state index in [4.69, 9.17) is 4.98 Å². The first kappa shape index (κ1) is 22.4. The van der Waals surface area contributed by atoms with E-state index in [2.05, 4.69) is 71.0 Å². The van der Waals surface area contributed by atoms with E-state index in [0.29, 0.717) is 5.13 Å². The predicted octanol–water partition coefficient (Wildman–Crippen LogP) is 6.74. The molecule has 0 saturated carbocycles.